The molecule has 0 amide bonds. The monoisotopic (exact) mass is 299 g/mol. The summed E-state index contributed by atoms with van der Waals surface area (Å²) in [7, 11) is 1.92. The Morgan fingerprint density at radius 2 is 2.14 bits per heavy atom. The molecule has 0 aromatic carbocycles. The molecule has 3 heterocycles. The highest BCUT2D eigenvalue weighted by molar-refractivity contribution is 6.10. The lowest BCUT2D eigenvalue weighted by atomic mass is 10.0. The van der Waals surface area contributed by atoms with Gasteiger partial charge in [0.05, 0.1) is 17.5 Å². The number of carbonyl (C=O) groups excluding carboxylic acids is 1. The summed E-state index contributed by atoms with van der Waals surface area (Å²) < 4.78 is 3.87. The van der Waals surface area contributed by atoms with Gasteiger partial charge in [-0.15, -0.1) is 0 Å². The maximum Gasteiger partial charge on any atom is 0.182 e. The molecule has 0 aliphatic rings. The molecule has 3 aromatic heterocycles. The van der Waals surface area contributed by atoms with Crippen LogP contribution in [-0.2, 0) is 13.6 Å². The predicted octanol–water partition coefficient (Wildman–Crippen LogP) is 2.75. The quantitative estimate of drug-likeness (QED) is 0.751. The van der Waals surface area contributed by atoms with Crippen molar-refractivity contribution in [2.24, 2.45) is 13.0 Å². The van der Waals surface area contributed by atoms with Gasteiger partial charge in [-0.1, -0.05) is 13.8 Å². The number of aryl methyl sites for hydroxylation is 2. The highest BCUT2D eigenvalue weighted by Gasteiger charge is 2.22. The van der Waals surface area contributed by atoms with Gasteiger partial charge >= 0.3 is 0 Å². The van der Waals surface area contributed by atoms with E-state index in [-0.39, 0.29) is 11.7 Å². The summed E-state index contributed by atoms with van der Waals surface area (Å²) in [4.78, 5) is 21.5. The maximum atomic E-state index is 12.7. The zero-order valence-electron chi connectivity index (χ0n) is 13.4. The molecule has 6 nitrogen and oxygen atoms in total. The SMILES string of the molecule is CCC(C)C(=O)c1cc2c3c(ncn3C)c(N)nc2n1CC. The highest BCUT2D eigenvalue weighted by atomic mass is 16.1. The number of hydrogen-bond acceptors (Lipinski definition) is 4. The Morgan fingerprint density at radius 3 is 2.77 bits per heavy atom. The van der Waals surface area contributed by atoms with Gasteiger partial charge in [0.2, 0.25) is 0 Å². The van der Waals surface area contributed by atoms with Gasteiger partial charge in [-0.25, -0.2) is 9.97 Å². The third-order valence-electron chi connectivity index (χ3n) is 4.36. The van der Waals surface area contributed by atoms with E-state index in [1.807, 2.05) is 43.0 Å². The highest BCUT2D eigenvalue weighted by Crippen LogP contribution is 2.30. The molecule has 6 heteroatoms. The Kier molecular flexibility index (Phi) is 3.39. The fourth-order valence-corrected chi connectivity index (χ4v) is 2.90. The first kappa shape index (κ1) is 14.6. The number of aromatic nitrogens is 4. The van der Waals surface area contributed by atoms with Crippen LogP contribution in [0.1, 0.15) is 37.7 Å². The minimum Gasteiger partial charge on any atom is -0.382 e. The van der Waals surface area contributed by atoms with Crippen molar-refractivity contribution in [3.63, 3.8) is 0 Å². The van der Waals surface area contributed by atoms with E-state index in [0.717, 1.165) is 23.0 Å². The van der Waals surface area contributed by atoms with Crippen molar-refractivity contribution in [2.75, 3.05) is 5.73 Å². The van der Waals surface area contributed by atoms with Gasteiger partial charge in [0.25, 0.3) is 0 Å². The molecule has 0 saturated carbocycles. The number of nitrogen functional groups attached to an aromatic ring is 1. The van der Waals surface area contributed by atoms with Crippen LogP contribution in [-0.4, -0.2) is 24.9 Å². The van der Waals surface area contributed by atoms with Crippen molar-refractivity contribution < 1.29 is 4.79 Å². The Balaban J connectivity index is 2.39. The van der Waals surface area contributed by atoms with Gasteiger partial charge in [0.15, 0.2) is 11.6 Å². The van der Waals surface area contributed by atoms with Crippen molar-refractivity contribution in [1.82, 2.24) is 19.1 Å². The summed E-state index contributed by atoms with van der Waals surface area (Å²) in [6.45, 7) is 6.67. The average molecular weight is 299 g/mol. The number of fused-ring (bicyclic) bond motifs is 3. The molecular formula is C16H21N5O. The molecule has 0 saturated heterocycles. The lowest BCUT2D eigenvalue weighted by molar-refractivity contribution is 0.0918. The average Bonchev–Trinajstić information content (AvgIpc) is 3.06. The molecule has 2 N–H and O–H groups in total. The smallest absolute Gasteiger partial charge is 0.182 e. The van der Waals surface area contributed by atoms with Crippen molar-refractivity contribution >= 4 is 33.7 Å². The Morgan fingerprint density at radius 1 is 1.41 bits per heavy atom. The maximum absolute atomic E-state index is 12.7. The molecular weight excluding hydrogens is 278 g/mol. The number of nitrogens with zero attached hydrogens (tertiary/aromatic N) is 4. The van der Waals surface area contributed by atoms with E-state index in [1.54, 1.807) is 6.33 Å². The Bertz CT molecular complexity index is 874. The standard InChI is InChI=1S/C16H21N5O/c1-5-9(3)14(22)11-7-10-13-12(18-8-20(13)4)15(17)19-16(10)21(11)6-2/h7-9H,5-6H2,1-4H3,(H2,17,19). The summed E-state index contributed by atoms with van der Waals surface area (Å²) in [5.74, 6) is 0.545. The van der Waals surface area contributed by atoms with Crippen LogP contribution in [0.2, 0.25) is 0 Å². The summed E-state index contributed by atoms with van der Waals surface area (Å²) in [6, 6.07) is 1.93. The lowest BCUT2D eigenvalue weighted by Gasteiger charge is -2.10. The van der Waals surface area contributed by atoms with E-state index in [0.29, 0.717) is 23.6 Å². The molecule has 1 unspecified atom stereocenters. The van der Waals surface area contributed by atoms with E-state index in [2.05, 4.69) is 9.97 Å². The van der Waals surface area contributed by atoms with E-state index in [9.17, 15) is 4.79 Å². The topological polar surface area (TPSA) is 78.7 Å². The van der Waals surface area contributed by atoms with E-state index < -0.39 is 0 Å². The molecule has 0 radical (unpaired) electrons. The fraction of sp³-hybridized carbons (Fsp3) is 0.438. The van der Waals surface area contributed by atoms with Crippen molar-refractivity contribution in [3.8, 4) is 0 Å². The molecule has 22 heavy (non-hydrogen) atoms. The van der Waals surface area contributed by atoms with Gasteiger partial charge in [0, 0.05) is 24.9 Å². The Labute approximate surface area is 128 Å². The molecule has 116 valence electrons. The zero-order valence-corrected chi connectivity index (χ0v) is 13.4. The van der Waals surface area contributed by atoms with Crippen LogP contribution >= 0.6 is 0 Å². The first-order valence-electron chi connectivity index (χ1n) is 7.63. The molecule has 0 spiro atoms. The second-order valence-corrected chi connectivity index (χ2v) is 5.73. The van der Waals surface area contributed by atoms with E-state index >= 15 is 0 Å². The molecule has 0 aliphatic heterocycles. The molecule has 0 bridgehead atoms. The molecule has 3 rings (SSSR count). The van der Waals surface area contributed by atoms with Crippen molar-refractivity contribution in [3.05, 3.63) is 18.1 Å². The third kappa shape index (κ3) is 1.90. The molecule has 0 fully saturated rings. The normalized spacial score (nSPS) is 13.1. The molecule has 1 atom stereocenters. The van der Waals surface area contributed by atoms with Crippen LogP contribution < -0.4 is 5.73 Å². The van der Waals surface area contributed by atoms with Crippen LogP contribution in [0, 0.1) is 5.92 Å². The number of carbonyl (C=O) groups is 1. The van der Waals surface area contributed by atoms with Crippen molar-refractivity contribution in [1.29, 1.82) is 0 Å². The van der Waals surface area contributed by atoms with E-state index in [1.165, 1.54) is 0 Å². The number of ketones is 1. The number of Topliss-reactive ketones (excluding diaryl/α,β-unsaturated/α-hetero) is 1. The van der Waals surface area contributed by atoms with Gasteiger partial charge in [0.1, 0.15) is 11.2 Å². The van der Waals surface area contributed by atoms with Crippen LogP contribution in [0.15, 0.2) is 12.4 Å². The van der Waals surface area contributed by atoms with Gasteiger partial charge in [-0.2, -0.15) is 0 Å². The number of anilines is 1. The van der Waals surface area contributed by atoms with Crippen LogP contribution in [0.5, 0.6) is 0 Å². The second kappa shape index (κ2) is 5.12. The minimum atomic E-state index is -0.00557. The Hall–Kier alpha value is -2.37. The number of hydrogen-bond donors (Lipinski definition) is 1. The fourth-order valence-electron chi connectivity index (χ4n) is 2.90. The summed E-state index contributed by atoms with van der Waals surface area (Å²) >= 11 is 0. The number of rotatable bonds is 4. The first-order valence-corrected chi connectivity index (χ1v) is 7.63. The predicted molar refractivity (Wildman–Crippen MR) is 87.9 cm³/mol. The van der Waals surface area contributed by atoms with E-state index in [4.69, 9.17) is 5.73 Å². The third-order valence-corrected chi connectivity index (χ3v) is 4.36. The lowest BCUT2D eigenvalue weighted by Crippen LogP contribution is -2.15. The van der Waals surface area contributed by atoms with Gasteiger partial charge < -0.3 is 14.9 Å². The summed E-state index contributed by atoms with van der Waals surface area (Å²) in [5, 5.41) is 0.928. The van der Waals surface area contributed by atoms with Crippen LogP contribution in [0.3, 0.4) is 0 Å². The van der Waals surface area contributed by atoms with Gasteiger partial charge in [-0.3, -0.25) is 4.79 Å². The first-order chi connectivity index (χ1) is 10.5. The van der Waals surface area contributed by atoms with Gasteiger partial charge in [-0.05, 0) is 19.4 Å². The summed E-state index contributed by atoms with van der Waals surface area (Å²) in [5.41, 5.74) is 9.11. The van der Waals surface area contributed by atoms with Crippen molar-refractivity contribution in [2.45, 2.75) is 33.7 Å². The number of nitrogens with two attached hydrogens (primary N) is 1. The molecule has 3 aromatic rings. The molecule has 0 aliphatic carbocycles. The largest absolute Gasteiger partial charge is 0.382 e. The minimum absolute atomic E-state index is 0.00557. The second-order valence-electron chi connectivity index (χ2n) is 5.73. The van der Waals surface area contributed by atoms with Crippen LogP contribution in [0.4, 0.5) is 5.82 Å². The number of imidazole rings is 1. The van der Waals surface area contributed by atoms with Crippen LogP contribution in [0.25, 0.3) is 22.1 Å². The zero-order chi connectivity index (χ0) is 16.0. The summed E-state index contributed by atoms with van der Waals surface area (Å²) in [6.07, 6.45) is 2.54. The number of pyridine rings is 1.